The topological polar surface area (TPSA) is 46.3 Å². The molecule has 3 rings (SSSR count). The number of piperidine rings is 1. The van der Waals surface area contributed by atoms with Crippen molar-refractivity contribution in [3.8, 4) is 0 Å². The Labute approximate surface area is 146 Å². The summed E-state index contributed by atoms with van der Waals surface area (Å²) in [5, 5.41) is 0. The maximum absolute atomic E-state index is 13.0. The van der Waals surface area contributed by atoms with Crippen LogP contribution in [0.5, 0.6) is 0 Å². The number of carbonyl (C=O) groups is 1. The lowest BCUT2D eigenvalue weighted by atomic mass is 9.69. The number of hydrogen-bond donors (Lipinski definition) is 1. The molecular weight excluding hydrogens is 329 g/mol. The number of hydrogen-bond acceptors (Lipinski definition) is 2. The van der Waals surface area contributed by atoms with Crippen LogP contribution in [0.2, 0.25) is 0 Å². The van der Waals surface area contributed by atoms with Gasteiger partial charge in [-0.25, -0.2) is 0 Å². The van der Waals surface area contributed by atoms with Crippen LogP contribution in [0.3, 0.4) is 0 Å². The van der Waals surface area contributed by atoms with Crippen molar-refractivity contribution in [2.24, 2.45) is 11.7 Å². The van der Waals surface area contributed by atoms with Gasteiger partial charge in [-0.15, -0.1) is 0 Å². The Morgan fingerprint density at radius 3 is 2.24 bits per heavy atom. The summed E-state index contributed by atoms with van der Waals surface area (Å²) in [4.78, 5) is 14.2. The molecule has 1 aliphatic heterocycles. The Kier molecular flexibility index (Phi) is 4.38. The van der Waals surface area contributed by atoms with Crippen molar-refractivity contribution in [3.63, 3.8) is 0 Å². The van der Waals surface area contributed by atoms with Crippen LogP contribution in [-0.4, -0.2) is 29.4 Å². The molecule has 0 atom stereocenters. The first-order valence-electron chi connectivity index (χ1n) is 8.80. The minimum Gasteiger partial charge on any atom is -0.341 e. The minimum absolute atomic E-state index is 0.0304. The SMILES string of the molecule is CC(C)(c1cccc(C(F)(F)F)c1)C1CCN(C(=O)C2(N)CC2)CC1. The highest BCUT2D eigenvalue weighted by Gasteiger charge is 2.49. The number of nitrogens with zero attached hydrogens (tertiary/aromatic N) is 1. The Bertz CT molecular complexity index is 657. The molecule has 25 heavy (non-hydrogen) atoms. The molecule has 2 fully saturated rings. The third-order valence-corrected chi connectivity index (χ3v) is 5.95. The summed E-state index contributed by atoms with van der Waals surface area (Å²) in [5.41, 5.74) is 5.06. The number of benzene rings is 1. The van der Waals surface area contributed by atoms with Gasteiger partial charge in [0, 0.05) is 13.1 Å². The zero-order valence-corrected chi connectivity index (χ0v) is 14.7. The fourth-order valence-corrected chi connectivity index (χ4v) is 3.80. The molecule has 0 spiro atoms. The number of carbonyl (C=O) groups excluding carboxylic acids is 1. The van der Waals surface area contributed by atoms with Crippen molar-refractivity contribution in [2.45, 2.75) is 56.7 Å². The molecule has 138 valence electrons. The lowest BCUT2D eigenvalue weighted by molar-refractivity contribution is -0.138. The number of nitrogens with two attached hydrogens (primary N) is 1. The van der Waals surface area contributed by atoms with Crippen molar-refractivity contribution in [3.05, 3.63) is 35.4 Å². The highest BCUT2D eigenvalue weighted by Crippen LogP contribution is 2.41. The number of amides is 1. The van der Waals surface area contributed by atoms with Crippen molar-refractivity contribution >= 4 is 5.91 Å². The number of rotatable bonds is 3. The summed E-state index contributed by atoms with van der Waals surface area (Å²) in [5.74, 6) is 0.260. The van der Waals surface area contributed by atoms with Gasteiger partial charge in [-0.3, -0.25) is 4.79 Å². The van der Waals surface area contributed by atoms with Crippen LogP contribution >= 0.6 is 0 Å². The van der Waals surface area contributed by atoms with E-state index in [0.717, 1.165) is 31.7 Å². The Morgan fingerprint density at radius 1 is 1.16 bits per heavy atom. The van der Waals surface area contributed by atoms with Crippen LogP contribution in [0, 0.1) is 5.92 Å². The van der Waals surface area contributed by atoms with Crippen molar-refractivity contribution in [1.29, 1.82) is 0 Å². The monoisotopic (exact) mass is 354 g/mol. The molecule has 1 saturated heterocycles. The van der Waals surface area contributed by atoms with Gasteiger partial charge in [0.05, 0.1) is 11.1 Å². The van der Waals surface area contributed by atoms with E-state index in [9.17, 15) is 18.0 Å². The first-order valence-corrected chi connectivity index (χ1v) is 8.80. The molecule has 0 radical (unpaired) electrons. The third-order valence-electron chi connectivity index (χ3n) is 5.95. The van der Waals surface area contributed by atoms with E-state index >= 15 is 0 Å². The van der Waals surface area contributed by atoms with Gasteiger partial charge in [-0.05, 0) is 48.6 Å². The van der Waals surface area contributed by atoms with E-state index in [1.807, 2.05) is 18.7 Å². The summed E-state index contributed by atoms with van der Waals surface area (Å²) < 4.78 is 39.0. The van der Waals surface area contributed by atoms with E-state index < -0.39 is 17.3 Å². The van der Waals surface area contributed by atoms with Crippen LogP contribution in [0.15, 0.2) is 24.3 Å². The van der Waals surface area contributed by atoms with Crippen LogP contribution < -0.4 is 5.73 Å². The Morgan fingerprint density at radius 2 is 1.72 bits per heavy atom. The van der Waals surface area contributed by atoms with Gasteiger partial charge in [0.15, 0.2) is 0 Å². The smallest absolute Gasteiger partial charge is 0.341 e. The van der Waals surface area contributed by atoms with Crippen molar-refractivity contribution in [1.82, 2.24) is 4.90 Å². The standard InChI is InChI=1S/C19H25F3N2O/c1-17(2,14-4-3-5-15(12-14)19(20,21)22)13-6-10-24(11-7-13)16(25)18(23)8-9-18/h3-5,12-13H,6-11,23H2,1-2H3. The summed E-state index contributed by atoms with van der Waals surface area (Å²) >= 11 is 0. The first kappa shape index (κ1) is 18.2. The normalized spacial score (nSPS) is 21.3. The van der Waals surface area contributed by atoms with Gasteiger partial charge < -0.3 is 10.6 Å². The summed E-state index contributed by atoms with van der Waals surface area (Å²) in [6, 6.07) is 5.61. The number of alkyl halides is 3. The van der Waals surface area contributed by atoms with Crippen LogP contribution in [0.1, 0.15) is 50.7 Å². The van der Waals surface area contributed by atoms with Gasteiger partial charge in [0.25, 0.3) is 0 Å². The number of likely N-dealkylation sites (tertiary alicyclic amines) is 1. The maximum Gasteiger partial charge on any atom is 0.416 e. The second-order valence-electron chi connectivity index (χ2n) is 8.02. The zero-order chi connectivity index (χ0) is 18.5. The molecular formula is C19H25F3N2O. The minimum atomic E-state index is -4.33. The van der Waals surface area contributed by atoms with E-state index in [1.54, 1.807) is 6.07 Å². The summed E-state index contributed by atoms with van der Waals surface area (Å²) in [7, 11) is 0. The second kappa shape index (κ2) is 6.01. The van der Waals surface area contributed by atoms with Crippen molar-refractivity contribution < 1.29 is 18.0 Å². The van der Waals surface area contributed by atoms with Gasteiger partial charge in [-0.2, -0.15) is 13.2 Å². The van der Waals surface area contributed by atoms with Gasteiger partial charge in [0.2, 0.25) is 5.91 Å². The zero-order valence-electron chi connectivity index (χ0n) is 14.7. The molecule has 0 bridgehead atoms. The van der Waals surface area contributed by atoms with E-state index in [1.165, 1.54) is 12.1 Å². The van der Waals surface area contributed by atoms with Gasteiger partial charge in [-0.1, -0.05) is 32.0 Å². The molecule has 1 aliphatic carbocycles. The van der Waals surface area contributed by atoms with E-state index in [-0.39, 0.29) is 17.2 Å². The second-order valence-corrected chi connectivity index (χ2v) is 8.02. The highest BCUT2D eigenvalue weighted by atomic mass is 19.4. The molecule has 1 saturated carbocycles. The first-order chi connectivity index (χ1) is 11.5. The molecule has 1 amide bonds. The molecule has 6 heteroatoms. The molecule has 1 aromatic rings. The largest absolute Gasteiger partial charge is 0.416 e. The molecule has 1 heterocycles. The molecule has 0 unspecified atom stereocenters. The third kappa shape index (κ3) is 3.54. The Hall–Kier alpha value is -1.56. The molecule has 1 aromatic carbocycles. The predicted molar refractivity (Wildman–Crippen MR) is 89.9 cm³/mol. The van der Waals surface area contributed by atoms with Crippen LogP contribution in [0.4, 0.5) is 13.2 Å². The van der Waals surface area contributed by atoms with E-state index in [2.05, 4.69) is 0 Å². The Balaban J connectivity index is 1.70. The van der Waals surface area contributed by atoms with Crippen molar-refractivity contribution in [2.75, 3.05) is 13.1 Å². The predicted octanol–water partition coefficient (Wildman–Crippen LogP) is 3.71. The average molecular weight is 354 g/mol. The van der Waals surface area contributed by atoms with Crippen LogP contribution in [0.25, 0.3) is 0 Å². The molecule has 0 aromatic heterocycles. The molecule has 2 N–H and O–H groups in total. The quantitative estimate of drug-likeness (QED) is 0.899. The maximum atomic E-state index is 13.0. The summed E-state index contributed by atoms with van der Waals surface area (Å²) in [6.45, 7) is 5.25. The molecule has 2 aliphatic rings. The highest BCUT2D eigenvalue weighted by molar-refractivity contribution is 5.89. The number of halogens is 3. The fraction of sp³-hybridized carbons (Fsp3) is 0.632. The lowest BCUT2D eigenvalue weighted by Crippen LogP contribution is -2.50. The van der Waals surface area contributed by atoms with E-state index in [0.29, 0.717) is 18.7 Å². The fourth-order valence-electron chi connectivity index (χ4n) is 3.80. The van der Waals surface area contributed by atoms with Crippen LogP contribution in [-0.2, 0) is 16.4 Å². The molecule has 3 nitrogen and oxygen atoms in total. The van der Waals surface area contributed by atoms with E-state index in [4.69, 9.17) is 5.73 Å². The van der Waals surface area contributed by atoms with Gasteiger partial charge in [0.1, 0.15) is 0 Å². The summed E-state index contributed by atoms with van der Waals surface area (Å²) in [6.07, 6.45) is -1.26. The lowest BCUT2D eigenvalue weighted by Gasteiger charge is -2.42. The van der Waals surface area contributed by atoms with Gasteiger partial charge >= 0.3 is 6.18 Å². The average Bonchev–Trinajstić information content (AvgIpc) is 3.32.